The van der Waals surface area contributed by atoms with Gasteiger partial charge in [-0.15, -0.1) is 0 Å². The molecule has 0 radical (unpaired) electrons. The Bertz CT molecular complexity index is 997. The maximum atomic E-state index is 13.1. The number of rotatable bonds is 3. The van der Waals surface area contributed by atoms with Crippen LogP contribution in [0.25, 0.3) is 0 Å². The number of fused-ring (bicyclic) bond motifs is 4. The van der Waals surface area contributed by atoms with Crippen LogP contribution < -0.4 is 10.5 Å². The molecule has 0 aliphatic carbocycles. The van der Waals surface area contributed by atoms with Crippen LogP contribution in [0.5, 0.6) is 0 Å². The monoisotopic (exact) mass is 418 g/mol. The van der Waals surface area contributed by atoms with Crippen molar-refractivity contribution in [3.63, 3.8) is 0 Å². The molecule has 2 aromatic rings. The van der Waals surface area contributed by atoms with E-state index < -0.39 is 11.9 Å². The molecule has 0 amide bonds. The Kier molecular flexibility index (Phi) is 4.84. The fraction of sp³-hybridized carbons (Fsp3) is 0.545. The van der Waals surface area contributed by atoms with E-state index >= 15 is 0 Å². The Labute approximate surface area is 173 Å². The summed E-state index contributed by atoms with van der Waals surface area (Å²) < 4.78 is 41.1. The summed E-state index contributed by atoms with van der Waals surface area (Å²) >= 11 is 0. The van der Waals surface area contributed by atoms with E-state index in [1.54, 1.807) is 6.07 Å². The third kappa shape index (κ3) is 3.62. The van der Waals surface area contributed by atoms with E-state index in [2.05, 4.69) is 16.0 Å². The van der Waals surface area contributed by atoms with Crippen LogP contribution in [0.4, 0.5) is 19.0 Å². The van der Waals surface area contributed by atoms with Crippen molar-refractivity contribution in [3.05, 3.63) is 57.6 Å². The quantitative estimate of drug-likeness (QED) is 0.766. The molecule has 2 fully saturated rings. The molecule has 0 spiro atoms. The van der Waals surface area contributed by atoms with Crippen LogP contribution >= 0.6 is 0 Å². The number of hydrogen-bond acceptors (Lipinski definition) is 4. The Morgan fingerprint density at radius 3 is 2.60 bits per heavy atom. The van der Waals surface area contributed by atoms with E-state index in [1.165, 1.54) is 18.9 Å². The van der Waals surface area contributed by atoms with Gasteiger partial charge in [-0.05, 0) is 56.5 Å². The summed E-state index contributed by atoms with van der Waals surface area (Å²) in [7, 11) is 0. The number of piperidine rings is 1. The van der Waals surface area contributed by atoms with Crippen molar-refractivity contribution in [2.24, 2.45) is 5.92 Å². The lowest BCUT2D eigenvalue weighted by molar-refractivity contribution is -0.141. The lowest BCUT2D eigenvalue weighted by atomic mass is 9.83. The predicted molar refractivity (Wildman–Crippen MR) is 108 cm³/mol. The van der Waals surface area contributed by atoms with Gasteiger partial charge in [0.15, 0.2) is 0 Å². The Morgan fingerprint density at radius 2 is 1.83 bits per heavy atom. The zero-order valence-electron chi connectivity index (χ0n) is 16.7. The van der Waals surface area contributed by atoms with Gasteiger partial charge in [-0.2, -0.15) is 13.2 Å². The van der Waals surface area contributed by atoms with Crippen molar-refractivity contribution < 1.29 is 13.2 Å². The molecule has 5 heterocycles. The van der Waals surface area contributed by atoms with Gasteiger partial charge in [0, 0.05) is 43.4 Å². The first-order valence-electron chi connectivity index (χ1n) is 10.6. The lowest BCUT2D eigenvalue weighted by Gasteiger charge is -2.43. The first-order valence-corrected chi connectivity index (χ1v) is 10.6. The minimum absolute atomic E-state index is 0.0970. The Morgan fingerprint density at radius 1 is 1.03 bits per heavy atom. The van der Waals surface area contributed by atoms with Gasteiger partial charge in [-0.1, -0.05) is 12.1 Å². The summed E-state index contributed by atoms with van der Waals surface area (Å²) in [6, 6.07) is 8.07. The summed E-state index contributed by atoms with van der Waals surface area (Å²) in [5, 5.41) is 0. The number of alkyl halides is 3. The molecule has 5 rings (SSSR count). The highest BCUT2D eigenvalue weighted by atomic mass is 19.4. The highest BCUT2D eigenvalue weighted by molar-refractivity contribution is 5.42. The maximum absolute atomic E-state index is 13.1. The van der Waals surface area contributed by atoms with E-state index in [9.17, 15) is 18.0 Å². The highest BCUT2D eigenvalue weighted by Crippen LogP contribution is 2.37. The van der Waals surface area contributed by atoms with Crippen molar-refractivity contribution >= 4 is 5.82 Å². The average Bonchev–Trinajstić information content (AvgIpc) is 3.23. The normalized spacial score (nSPS) is 24.2. The number of aromatic nitrogens is 2. The van der Waals surface area contributed by atoms with Crippen LogP contribution in [0.2, 0.25) is 0 Å². The van der Waals surface area contributed by atoms with Crippen LogP contribution in [0.1, 0.15) is 42.1 Å². The molecule has 0 unspecified atom stereocenters. The van der Waals surface area contributed by atoms with E-state index in [-0.39, 0.29) is 17.4 Å². The summed E-state index contributed by atoms with van der Waals surface area (Å²) in [5.41, 5.74) is 1.08. The predicted octanol–water partition coefficient (Wildman–Crippen LogP) is 3.48. The molecule has 0 N–H and O–H groups in total. The molecule has 3 aliphatic heterocycles. The Balaban J connectivity index is 1.40. The first kappa shape index (κ1) is 19.6. The largest absolute Gasteiger partial charge is 0.433 e. The molecule has 0 saturated carbocycles. The van der Waals surface area contributed by atoms with E-state index in [0.717, 1.165) is 36.8 Å². The molecular weight excluding hydrogens is 393 g/mol. The second kappa shape index (κ2) is 7.41. The molecule has 3 aliphatic rings. The van der Waals surface area contributed by atoms with Crippen molar-refractivity contribution in [2.75, 3.05) is 31.1 Å². The minimum atomic E-state index is -4.45. The first-order chi connectivity index (χ1) is 14.4. The SMILES string of the molecule is O=c1c(CN2CCCC2)ccc2n1C[C@H]1C[C@@H]2CN(c2cccc(C(F)(F)F)n2)C1. The van der Waals surface area contributed by atoms with E-state index in [4.69, 9.17) is 0 Å². The number of likely N-dealkylation sites (tertiary alicyclic amines) is 1. The van der Waals surface area contributed by atoms with Crippen LogP contribution in [0, 0.1) is 5.92 Å². The third-order valence-corrected chi connectivity index (χ3v) is 6.62. The number of halogens is 3. The lowest BCUT2D eigenvalue weighted by Crippen LogP contribution is -2.48. The van der Waals surface area contributed by atoms with Crippen LogP contribution in [-0.2, 0) is 19.3 Å². The van der Waals surface area contributed by atoms with Gasteiger partial charge in [-0.3, -0.25) is 9.69 Å². The van der Waals surface area contributed by atoms with Gasteiger partial charge >= 0.3 is 6.18 Å². The van der Waals surface area contributed by atoms with Crippen molar-refractivity contribution in [3.8, 4) is 0 Å². The molecule has 160 valence electrons. The second-order valence-corrected chi connectivity index (χ2v) is 8.76. The number of nitrogens with zero attached hydrogens (tertiary/aromatic N) is 4. The smallest absolute Gasteiger partial charge is 0.356 e. The highest BCUT2D eigenvalue weighted by Gasteiger charge is 2.37. The molecular formula is C22H25F3N4O. The average molecular weight is 418 g/mol. The molecule has 5 nitrogen and oxygen atoms in total. The number of hydrogen-bond donors (Lipinski definition) is 0. The second-order valence-electron chi connectivity index (χ2n) is 8.76. The van der Waals surface area contributed by atoms with Gasteiger partial charge in [-0.25, -0.2) is 4.98 Å². The molecule has 30 heavy (non-hydrogen) atoms. The molecule has 8 heteroatoms. The standard InChI is InChI=1S/C22H25F3N4O/c23-22(24,25)19-4-3-5-20(26-19)28-11-15-10-17(14-28)18-7-6-16(21(30)29(18)12-15)13-27-8-1-2-9-27/h3-7,15,17H,1-2,8-14H2/t15-,17+/m0/s1. The van der Waals surface area contributed by atoms with Crippen molar-refractivity contribution in [1.29, 1.82) is 0 Å². The Hall–Kier alpha value is -2.35. The van der Waals surface area contributed by atoms with Gasteiger partial charge in [0.1, 0.15) is 11.5 Å². The van der Waals surface area contributed by atoms with Crippen LogP contribution in [-0.4, -0.2) is 40.6 Å². The molecule has 2 saturated heterocycles. The van der Waals surface area contributed by atoms with Crippen LogP contribution in [0.3, 0.4) is 0 Å². The molecule has 0 aromatic carbocycles. The summed E-state index contributed by atoms with van der Waals surface area (Å²) in [6.45, 7) is 4.61. The number of pyridine rings is 2. The van der Waals surface area contributed by atoms with Crippen molar-refractivity contribution in [2.45, 2.75) is 44.4 Å². The van der Waals surface area contributed by atoms with Crippen LogP contribution in [0.15, 0.2) is 35.1 Å². The summed E-state index contributed by atoms with van der Waals surface area (Å²) in [6.07, 6.45) is -1.11. The van der Waals surface area contributed by atoms with E-state index in [0.29, 0.717) is 32.0 Å². The zero-order chi connectivity index (χ0) is 20.9. The molecule has 2 aromatic heterocycles. The zero-order valence-corrected chi connectivity index (χ0v) is 16.7. The molecule has 2 atom stereocenters. The van der Waals surface area contributed by atoms with Gasteiger partial charge < -0.3 is 9.47 Å². The van der Waals surface area contributed by atoms with E-state index in [1.807, 2.05) is 15.5 Å². The summed E-state index contributed by atoms with van der Waals surface area (Å²) in [5.74, 6) is 0.718. The third-order valence-electron chi connectivity index (χ3n) is 6.62. The maximum Gasteiger partial charge on any atom is 0.433 e. The summed E-state index contributed by atoms with van der Waals surface area (Å²) in [4.78, 5) is 21.3. The minimum Gasteiger partial charge on any atom is -0.356 e. The number of anilines is 1. The van der Waals surface area contributed by atoms with Gasteiger partial charge in [0.05, 0.1) is 0 Å². The van der Waals surface area contributed by atoms with Gasteiger partial charge in [0.2, 0.25) is 0 Å². The fourth-order valence-electron chi connectivity index (χ4n) is 5.24. The fourth-order valence-corrected chi connectivity index (χ4v) is 5.24. The molecule has 2 bridgehead atoms. The topological polar surface area (TPSA) is 41.4 Å². The van der Waals surface area contributed by atoms with Gasteiger partial charge in [0.25, 0.3) is 5.56 Å². The van der Waals surface area contributed by atoms with Crippen molar-refractivity contribution in [1.82, 2.24) is 14.5 Å².